The molecule has 1 atom stereocenters. The van der Waals surface area contributed by atoms with Crippen LogP contribution in [0.15, 0.2) is 36.5 Å². The lowest BCUT2D eigenvalue weighted by molar-refractivity contribution is -0.153. The summed E-state index contributed by atoms with van der Waals surface area (Å²) in [6, 6.07) is 8.87. The molecule has 2 rings (SSSR count). The van der Waals surface area contributed by atoms with Gasteiger partial charge in [-0.25, -0.2) is 4.79 Å². The van der Waals surface area contributed by atoms with Crippen LogP contribution in [0.2, 0.25) is 0 Å². The average Bonchev–Trinajstić information content (AvgIpc) is 2.37. The van der Waals surface area contributed by atoms with E-state index in [0.717, 1.165) is 10.9 Å². The normalized spacial score (nSPS) is 12.4. The van der Waals surface area contributed by atoms with Gasteiger partial charge in [0, 0.05) is 17.1 Å². The van der Waals surface area contributed by atoms with Gasteiger partial charge in [0.2, 0.25) is 0 Å². The Kier molecular flexibility index (Phi) is 3.35. The second kappa shape index (κ2) is 4.93. The maximum atomic E-state index is 11.5. The molecule has 1 heterocycles. The van der Waals surface area contributed by atoms with E-state index in [0.29, 0.717) is 5.56 Å². The zero-order valence-corrected chi connectivity index (χ0v) is 9.46. The van der Waals surface area contributed by atoms with E-state index in [1.807, 2.05) is 12.1 Å². The van der Waals surface area contributed by atoms with Crippen molar-refractivity contribution in [3.8, 4) is 0 Å². The fourth-order valence-electron chi connectivity index (χ4n) is 1.71. The number of fused-ring (bicyclic) bond motifs is 1. The molecule has 0 aliphatic carbocycles. The minimum atomic E-state index is -1.26. The molecule has 0 amide bonds. The van der Waals surface area contributed by atoms with Crippen LogP contribution >= 0.6 is 0 Å². The van der Waals surface area contributed by atoms with Gasteiger partial charge in [0.05, 0.1) is 12.1 Å². The Morgan fingerprint density at radius 2 is 2.24 bits per heavy atom. The summed E-state index contributed by atoms with van der Waals surface area (Å²) < 4.78 is 4.80. The monoisotopic (exact) mass is 231 g/mol. The second-order valence-electron chi connectivity index (χ2n) is 3.57. The first kappa shape index (κ1) is 11.5. The van der Waals surface area contributed by atoms with Crippen LogP contribution in [0.25, 0.3) is 10.9 Å². The van der Waals surface area contributed by atoms with Crippen LogP contribution in [0.3, 0.4) is 0 Å². The number of aromatic nitrogens is 1. The third-order valence-corrected chi connectivity index (χ3v) is 2.48. The first-order valence-electron chi connectivity index (χ1n) is 5.42. The van der Waals surface area contributed by atoms with Crippen molar-refractivity contribution < 1.29 is 14.6 Å². The van der Waals surface area contributed by atoms with Gasteiger partial charge in [0.25, 0.3) is 0 Å². The van der Waals surface area contributed by atoms with Gasteiger partial charge in [0.1, 0.15) is 0 Å². The standard InChI is InChI=1S/C13H13NO3/c1-2-17-13(16)12(15)10-5-3-7-11-9(10)6-4-8-14-11/h3-8,12,15H,2H2,1H3. The van der Waals surface area contributed by atoms with E-state index >= 15 is 0 Å². The lowest BCUT2D eigenvalue weighted by Crippen LogP contribution is -2.15. The van der Waals surface area contributed by atoms with E-state index in [9.17, 15) is 9.90 Å². The van der Waals surface area contributed by atoms with Crippen LogP contribution in [0, 0.1) is 0 Å². The number of nitrogens with zero attached hydrogens (tertiary/aromatic N) is 1. The predicted molar refractivity (Wildman–Crippen MR) is 63.3 cm³/mol. The third kappa shape index (κ3) is 2.26. The summed E-state index contributed by atoms with van der Waals surface area (Å²) in [6.45, 7) is 1.95. The highest BCUT2D eigenvalue weighted by Gasteiger charge is 2.20. The van der Waals surface area contributed by atoms with Crippen molar-refractivity contribution in [2.45, 2.75) is 13.0 Å². The van der Waals surface area contributed by atoms with Crippen LogP contribution < -0.4 is 0 Å². The SMILES string of the molecule is CCOC(=O)C(O)c1cccc2ncccc12. The van der Waals surface area contributed by atoms with Crippen molar-refractivity contribution in [3.05, 3.63) is 42.1 Å². The van der Waals surface area contributed by atoms with Crippen molar-refractivity contribution in [2.24, 2.45) is 0 Å². The minimum absolute atomic E-state index is 0.249. The molecule has 88 valence electrons. The molecule has 1 N–H and O–H groups in total. The molecule has 17 heavy (non-hydrogen) atoms. The molecule has 1 unspecified atom stereocenters. The molecule has 4 heteroatoms. The molecule has 1 aromatic carbocycles. The molecule has 0 radical (unpaired) electrons. The van der Waals surface area contributed by atoms with Gasteiger partial charge in [-0.15, -0.1) is 0 Å². The summed E-state index contributed by atoms with van der Waals surface area (Å²) in [4.78, 5) is 15.7. The Morgan fingerprint density at radius 1 is 1.41 bits per heavy atom. The number of ether oxygens (including phenoxy) is 1. The summed E-state index contributed by atoms with van der Waals surface area (Å²) in [5.41, 5.74) is 1.27. The van der Waals surface area contributed by atoms with Crippen molar-refractivity contribution in [2.75, 3.05) is 6.61 Å². The van der Waals surface area contributed by atoms with E-state index < -0.39 is 12.1 Å². The number of aliphatic hydroxyl groups is 1. The van der Waals surface area contributed by atoms with E-state index in [4.69, 9.17) is 4.74 Å². The number of benzene rings is 1. The summed E-state index contributed by atoms with van der Waals surface area (Å²) in [5.74, 6) is -0.635. The topological polar surface area (TPSA) is 59.4 Å². The number of hydrogen-bond donors (Lipinski definition) is 1. The number of carbonyl (C=O) groups is 1. The Bertz CT molecular complexity index is 534. The van der Waals surface area contributed by atoms with Crippen LogP contribution in [-0.2, 0) is 9.53 Å². The van der Waals surface area contributed by atoms with Crippen LogP contribution in [0.1, 0.15) is 18.6 Å². The van der Waals surface area contributed by atoms with Gasteiger partial charge in [0.15, 0.2) is 6.10 Å². The molecule has 0 bridgehead atoms. The summed E-state index contributed by atoms with van der Waals surface area (Å²) in [5, 5.41) is 10.7. The van der Waals surface area contributed by atoms with Gasteiger partial charge in [-0.1, -0.05) is 18.2 Å². The number of pyridine rings is 1. The maximum absolute atomic E-state index is 11.5. The highest BCUT2D eigenvalue weighted by Crippen LogP contribution is 2.23. The fourth-order valence-corrected chi connectivity index (χ4v) is 1.71. The molecule has 4 nitrogen and oxygen atoms in total. The van der Waals surface area contributed by atoms with Gasteiger partial charge in [-0.05, 0) is 19.1 Å². The Labute approximate surface area is 98.9 Å². The van der Waals surface area contributed by atoms with Crippen LogP contribution in [-0.4, -0.2) is 22.7 Å². The molecule has 0 fully saturated rings. The molecule has 2 aromatic rings. The zero-order chi connectivity index (χ0) is 12.3. The molecule has 0 aliphatic rings. The van der Waals surface area contributed by atoms with Crippen molar-refractivity contribution in [3.63, 3.8) is 0 Å². The Balaban J connectivity index is 2.44. The van der Waals surface area contributed by atoms with Gasteiger partial charge >= 0.3 is 5.97 Å². The smallest absolute Gasteiger partial charge is 0.339 e. The number of rotatable bonds is 3. The number of hydrogen-bond acceptors (Lipinski definition) is 4. The molecule has 0 spiro atoms. The summed E-state index contributed by atoms with van der Waals surface area (Å²) >= 11 is 0. The molecular formula is C13H13NO3. The van der Waals surface area contributed by atoms with E-state index in [-0.39, 0.29) is 6.61 Å². The van der Waals surface area contributed by atoms with Crippen LogP contribution in [0.5, 0.6) is 0 Å². The van der Waals surface area contributed by atoms with Gasteiger partial charge < -0.3 is 9.84 Å². The number of aliphatic hydroxyl groups excluding tert-OH is 1. The van der Waals surface area contributed by atoms with Gasteiger partial charge in [-0.3, -0.25) is 4.98 Å². The first-order chi connectivity index (χ1) is 8.24. The van der Waals surface area contributed by atoms with E-state index in [1.54, 1.807) is 31.3 Å². The van der Waals surface area contributed by atoms with Gasteiger partial charge in [-0.2, -0.15) is 0 Å². The van der Waals surface area contributed by atoms with Crippen molar-refractivity contribution in [1.29, 1.82) is 0 Å². The van der Waals surface area contributed by atoms with E-state index in [1.165, 1.54) is 0 Å². The first-order valence-corrected chi connectivity index (χ1v) is 5.42. The van der Waals surface area contributed by atoms with Crippen molar-refractivity contribution >= 4 is 16.9 Å². The van der Waals surface area contributed by atoms with E-state index in [2.05, 4.69) is 4.98 Å². The number of esters is 1. The lowest BCUT2D eigenvalue weighted by Gasteiger charge is -2.11. The maximum Gasteiger partial charge on any atom is 0.339 e. The summed E-state index contributed by atoms with van der Waals surface area (Å²) in [7, 11) is 0. The predicted octanol–water partition coefficient (Wildman–Crippen LogP) is 1.83. The molecule has 0 saturated heterocycles. The Morgan fingerprint density at radius 3 is 3.00 bits per heavy atom. The summed E-state index contributed by atoms with van der Waals surface area (Å²) in [6.07, 6.45) is 0.408. The highest BCUT2D eigenvalue weighted by molar-refractivity contribution is 5.88. The fraction of sp³-hybridized carbons (Fsp3) is 0.231. The van der Waals surface area contributed by atoms with Crippen molar-refractivity contribution in [1.82, 2.24) is 4.98 Å². The minimum Gasteiger partial charge on any atom is -0.464 e. The van der Waals surface area contributed by atoms with Crippen LogP contribution in [0.4, 0.5) is 0 Å². The molecule has 0 aliphatic heterocycles. The zero-order valence-electron chi connectivity index (χ0n) is 9.46. The highest BCUT2D eigenvalue weighted by atomic mass is 16.5. The number of carbonyl (C=O) groups excluding carboxylic acids is 1. The lowest BCUT2D eigenvalue weighted by atomic mass is 10.0. The molecule has 1 aromatic heterocycles. The molecule has 0 saturated carbocycles. The average molecular weight is 231 g/mol. The largest absolute Gasteiger partial charge is 0.464 e. The molecular weight excluding hydrogens is 218 g/mol. The third-order valence-electron chi connectivity index (χ3n) is 2.48. The quantitative estimate of drug-likeness (QED) is 0.819. The Hall–Kier alpha value is -1.94. The second-order valence-corrected chi connectivity index (χ2v) is 3.57.